The van der Waals surface area contributed by atoms with Gasteiger partial charge in [0.25, 0.3) is 0 Å². The van der Waals surface area contributed by atoms with Gasteiger partial charge in [-0.2, -0.15) is 0 Å². The minimum atomic E-state index is -4.33. The van der Waals surface area contributed by atoms with E-state index in [1.54, 1.807) is 38.1 Å². The zero-order valence-electron chi connectivity index (χ0n) is 18.2. The van der Waals surface area contributed by atoms with Crippen LogP contribution >= 0.6 is 0 Å². The minimum Gasteiger partial charge on any atom is -0.744 e. The summed E-state index contributed by atoms with van der Waals surface area (Å²) in [5.74, 6) is 1.53. The van der Waals surface area contributed by atoms with Crippen molar-refractivity contribution in [3.63, 3.8) is 0 Å². The van der Waals surface area contributed by atoms with E-state index in [9.17, 15) is 13.0 Å². The highest BCUT2D eigenvalue weighted by Crippen LogP contribution is 2.41. The summed E-state index contributed by atoms with van der Waals surface area (Å²) >= 11 is 0. The van der Waals surface area contributed by atoms with E-state index in [-0.39, 0.29) is 10.6 Å². The zero-order valence-corrected chi connectivity index (χ0v) is 19.0. The average molecular weight is 437 g/mol. The second-order valence-electron chi connectivity index (χ2n) is 6.35. The number of aryl methyl sites for hydroxylation is 3. The fraction of sp³-hybridized carbons (Fsp3) is 0.429. The average Bonchev–Trinajstić information content (AvgIpc) is 2.61. The van der Waals surface area contributed by atoms with Gasteiger partial charge in [-0.3, -0.25) is 0 Å². The van der Waals surface area contributed by atoms with Crippen LogP contribution in [0.2, 0.25) is 0 Å². The van der Waals surface area contributed by atoms with Crippen molar-refractivity contribution in [1.82, 2.24) is 0 Å². The monoisotopic (exact) mass is 436 g/mol. The molecule has 8 nitrogen and oxygen atoms in total. The second-order valence-corrected chi connectivity index (χ2v) is 7.67. The lowest BCUT2D eigenvalue weighted by atomic mass is 10.1. The van der Waals surface area contributed by atoms with E-state index in [0.29, 0.717) is 48.2 Å². The third-order valence-electron chi connectivity index (χ3n) is 3.88. The summed E-state index contributed by atoms with van der Waals surface area (Å²) < 4.78 is 48.7. The van der Waals surface area contributed by atoms with Crippen molar-refractivity contribution < 1.29 is 27.2 Å². The standard InChI is InChI=1S/C12H17N2O3.C9H12O3S/c1-4-15-9-7-10(16-5-2)12(14-13)11(8-9)17-6-3;1-6-4-7(2)9(8(3)5-6)13(10,11)12/h7-8H,4-6H2,1-3H3;4-5H,1-3H3,(H,10,11,12)/q+1;/p-1. The molecule has 2 aromatic rings. The second kappa shape index (κ2) is 11.4. The van der Waals surface area contributed by atoms with Gasteiger partial charge in [-0.15, -0.1) is 0 Å². The molecule has 0 aliphatic rings. The summed E-state index contributed by atoms with van der Waals surface area (Å²) in [4.78, 5) is 3.12. The molecular weight excluding hydrogens is 408 g/mol. The molecule has 0 amide bonds. The molecule has 0 N–H and O–H groups in total. The molecule has 0 radical (unpaired) electrons. The van der Waals surface area contributed by atoms with E-state index in [2.05, 4.69) is 4.98 Å². The van der Waals surface area contributed by atoms with Crippen LogP contribution in [-0.4, -0.2) is 32.8 Å². The number of benzene rings is 2. The van der Waals surface area contributed by atoms with Gasteiger partial charge in [0.05, 0.1) is 24.7 Å². The quantitative estimate of drug-likeness (QED) is 0.449. The summed E-state index contributed by atoms with van der Waals surface area (Å²) in [6.07, 6.45) is 0. The van der Waals surface area contributed by atoms with Crippen LogP contribution in [-0.2, 0) is 10.1 Å². The molecule has 2 rings (SSSR count). The summed E-state index contributed by atoms with van der Waals surface area (Å²) in [6, 6.07) is 6.75. The first-order valence-corrected chi connectivity index (χ1v) is 10.9. The van der Waals surface area contributed by atoms with Gasteiger partial charge in [-0.25, -0.2) is 8.42 Å². The molecular formula is C21H28N2O6S. The number of diazo groups is 1. The summed E-state index contributed by atoms with van der Waals surface area (Å²) in [7, 11) is -4.33. The predicted molar refractivity (Wildman–Crippen MR) is 113 cm³/mol. The maximum Gasteiger partial charge on any atom is 0.467 e. The van der Waals surface area contributed by atoms with Crippen LogP contribution in [0.25, 0.3) is 4.98 Å². The van der Waals surface area contributed by atoms with Crippen molar-refractivity contribution >= 4 is 15.8 Å². The molecule has 9 heteroatoms. The fourth-order valence-corrected chi connectivity index (χ4v) is 3.91. The first kappa shape index (κ1) is 25.2. The van der Waals surface area contributed by atoms with Gasteiger partial charge in [0.1, 0.15) is 15.9 Å². The molecule has 2 aromatic carbocycles. The molecule has 0 heterocycles. The summed E-state index contributed by atoms with van der Waals surface area (Å²) in [5.41, 5.74) is 2.29. The zero-order chi connectivity index (χ0) is 22.9. The van der Waals surface area contributed by atoms with Crippen molar-refractivity contribution in [3.05, 3.63) is 45.9 Å². The number of hydrogen-bond acceptors (Lipinski definition) is 7. The third kappa shape index (κ3) is 6.90. The molecule has 0 unspecified atom stereocenters. The van der Waals surface area contributed by atoms with Gasteiger partial charge >= 0.3 is 5.69 Å². The Morgan fingerprint density at radius 3 is 1.63 bits per heavy atom. The molecule has 0 aromatic heterocycles. The molecule has 0 saturated carbocycles. The van der Waals surface area contributed by atoms with Gasteiger partial charge in [-0.1, -0.05) is 17.7 Å². The van der Waals surface area contributed by atoms with Gasteiger partial charge in [0.15, 0.2) is 4.98 Å². The SMILES string of the molecule is CCOc1cc(OCC)c([N+]#N)c(OCC)c1.Cc1cc(C)c(S(=O)(=O)[O-])c(C)c1. The van der Waals surface area contributed by atoms with Crippen LogP contribution in [0.4, 0.5) is 5.69 Å². The van der Waals surface area contributed by atoms with Crippen molar-refractivity contribution in [1.29, 1.82) is 5.39 Å². The molecule has 0 saturated heterocycles. The van der Waals surface area contributed by atoms with E-state index in [1.165, 1.54) is 0 Å². The smallest absolute Gasteiger partial charge is 0.467 e. The van der Waals surface area contributed by atoms with Crippen molar-refractivity contribution in [2.45, 2.75) is 46.4 Å². The van der Waals surface area contributed by atoms with Crippen molar-refractivity contribution in [3.8, 4) is 17.2 Å². The molecule has 0 aliphatic heterocycles. The summed E-state index contributed by atoms with van der Waals surface area (Å²) in [5, 5.41) is 9.00. The largest absolute Gasteiger partial charge is 0.744 e. The minimum absolute atomic E-state index is 0.0851. The first-order valence-electron chi connectivity index (χ1n) is 9.54. The lowest BCUT2D eigenvalue weighted by Crippen LogP contribution is -2.04. The van der Waals surface area contributed by atoms with Gasteiger partial charge in [0, 0.05) is 12.1 Å². The Labute approximate surface area is 178 Å². The number of hydrogen-bond donors (Lipinski definition) is 0. The number of nitrogens with zero attached hydrogens (tertiary/aromatic N) is 2. The normalized spacial score (nSPS) is 10.5. The van der Waals surface area contributed by atoms with E-state index in [0.717, 1.165) is 5.56 Å². The maximum atomic E-state index is 10.8. The Bertz CT molecular complexity index is 963. The Morgan fingerprint density at radius 1 is 0.867 bits per heavy atom. The van der Waals surface area contributed by atoms with Crippen LogP contribution in [0.15, 0.2) is 29.2 Å². The predicted octanol–water partition coefficient (Wildman–Crippen LogP) is 4.88. The van der Waals surface area contributed by atoms with Gasteiger partial charge in [0.2, 0.25) is 16.9 Å². The van der Waals surface area contributed by atoms with E-state index in [1.807, 2.05) is 27.7 Å². The number of rotatable bonds is 7. The maximum absolute atomic E-state index is 10.8. The van der Waals surface area contributed by atoms with Crippen LogP contribution in [0, 0.1) is 26.2 Å². The Morgan fingerprint density at radius 2 is 1.30 bits per heavy atom. The molecule has 30 heavy (non-hydrogen) atoms. The molecule has 0 spiro atoms. The van der Waals surface area contributed by atoms with E-state index in [4.69, 9.17) is 19.6 Å². The topological polar surface area (TPSA) is 113 Å². The highest BCUT2D eigenvalue weighted by Gasteiger charge is 2.25. The van der Waals surface area contributed by atoms with Crippen LogP contribution in [0.3, 0.4) is 0 Å². The molecule has 164 valence electrons. The van der Waals surface area contributed by atoms with Crippen molar-refractivity contribution in [2.75, 3.05) is 19.8 Å². The van der Waals surface area contributed by atoms with Crippen molar-refractivity contribution in [2.24, 2.45) is 0 Å². The Kier molecular flexibility index (Phi) is 9.56. The Balaban J connectivity index is 0.000000311. The molecule has 0 bridgehead atoms. The Hall–Kier alpha value is -2.83. The highest BCUT2D eigenvalue weighted by atomic mass is 32.2. The van der Waals surface area contributed by atoms with Gasteiger partial charge < -0.3 is 18.8 Å². The van der Waals surface area contributed by atoms with Crippen LogP contribution in [0.5, 0.6) is 17.2 Å². The van der Waals surface area contributed by atoms with Gasteiger partial charge in [-0.05, 0) is 52.7 Å². The molecule has 0 aliphatic carbocycles. The number of ether oxygens (including phenoxy) is 3. The highest BCUT2D eigenvalue weighted by molar-refractivity contribution is 7.85. The molecule has 0 atom stereocenters. The van der Waals surface area contributed by atoms with E-state index >= 15 is 0 Å². The first-order chi connectivity index (χ1) is 14.1. The fourth-order valence-electron chi connectivity index (χ4n) is 3.00. The van der Waals surface area contributed by atoms with E-state index < -0.39 is 10.1 Å². The lowest BCUT2D eigenvalue weighted by Gasteiger charge is -2.14. The third-order valence-corrected chi connectivity index (χ3v) is 5.02. The molecule has 0 fully saturated rings. The van der Waals surface area contributed by atoms with Crippen LogP contribution < -0.4 is 14.2 Å². The van der Waals surface area contributed by atoms with Crippen LogP contribution in [0.1, 0.15) is 37.5 Å². The lowest BCUT2D eigenvalue weighted by molar-refractivity contribution is 0.310. The summed E-state index contributed by atoms with van der Waals surface area (Å²) in [6.45, 7) is 12.2.